The van der Waals surface area contributed by atoms with E-state index in [2.05, 4.69) is 10.2 Å². The zero-order chi connectivity index (χ0) is 11.1. The van der Waals surface area contributed by atoms with Crippen LogP contribution in [0.25, 0.3) is 10.8 Å². The van der Waals surface area contributed by atoms with Gasteiger partial charge in [-0.2, -0.15) is 5.10 Å². The van der Waals surface area contributed by atoms with Gasteiger partial charge in [-0.3, -0.25) is 4.79 Å². The van der Waals surface area contributed by atoms with Gasteiger partial charge in [0.05, 0.1) is 6.20 Å². The molecule has 0 spiro atoms. The number of nitrogens with one attached hydrogen (secondary N) is 1. The molecule has 0 aliphatic heterocycles. The maximum Gasteiger partial charge on any atom is 1.00 e. The zero-order valence-corrected chi connectivity index (χ0v) is 11.5. The Hall–Kier alpha value is -0.149. The zero-order valence-electron chi connectivity index (χ0n) is 8.38. The summed E-state index contributed by atoms with van der Waals surface area (Å²) in [6.45, 7) is -5.04. The second-order valence-corrected chi connectivity index (χ2v) is 3.12. The van der Waals surface area contributed by atoms with Gasteiger partial charge in [0, 0.05) is 10.8 Å². The predicted octanol–water partition coefficient (Wildman–Crippen LogP) is -2.02. The molecule has 0 radical (unpaired) electrons. The van der Waals surface area contributed by atoms with Gasteiger partial charge in [0.15, 0.2) is 0 Å². The Labute approximate surface area is 131 Å². The Morgan fingerprint density at radius 2 is 1.94 bits per heavy atom. The monoisotopic (exact) mass is 252 g/mol. The Bertz CT molecular complexity index is 569. The standard InChI is InChI=1S/C8H5BF3N2O.K/c10-9(11,12)6-1-2-7-5(3-6)4-13-14-8(7)15;/h1-4H,(H,14,15);/q-1;+1. The molecule has 0 saturated heterocycles. The van der Waals surface area contributed by atoms with Gasteiger partial charge in [-0.25, -0.2) is 5.10 Å². The van der Waals surface area contributed by atoms with E-state index in [-0.39, 0.29) is 62.2 Å². The van der Waals surface area contributed by atoms with E-state index in [0.717, 1.165) is 18.2 Å². The molecule has 0 saturated carbocycles. The van der Waals surface area contributed by atoms with Crippen molar-refractivity contribution in [1.82, 2.24) is 10.2 Å². The van der Waals surface area contributed by atoms with Gasteiger partial charge in [-0.05, 0) is 0 Å². The van der Waals surface area contributed by atoms with Crippen molar-refractivity contribution < 1.29 is 64.3 Å². The summed E-state index contributed by atoms with van der Waals surface area (Å²) in [5.41, 5.74) is -1.22. The Morgan fingerprint density at radius 1 is 1.25 bits per heavy atom. The summed E-state index contributed by atoms with van der Waals surface area (Å²) in [6.07, 6.45) is 1.20. The van der Waals surface area contributed by atoms with Crippen molar-refractivity contribution in [2.45, 2.75) is 0 Å². The van der Waals surface area contributed by atoms with Crippen LogP contribution in [0.3, 0.4) is 0 Å². The van der Waals surface area contributed by atoms with Crippen molar-refractivity contribution in [1.29, 1.82) is 0 Å². The Balaban J connectivity index is 0.00000128. The number of halogens is 3. The third kappa shape index (κ3) is 2.75. The fourth-order valence-corrected chi connectivity index (χ4v) is 1.32. The minimum Gasteiger partial charge on any atom is -0.445 e. The molecule has 0 bridgehead atoms. The minimum atomic E-state index is -5.04. The summed E-state index contributed by atoms with van der Waals surface area (Å²) in [5.74, 6) is 0. The number of hydrogen-bond donors (Lipinski definition) is 1. The molecular formula is C8H5BF3KN2O. The van der Waals surface area contributed by atoms with Gasteiger partial charge in [-0.15, -0.1) is 5.46 Å². The molecule has 0 atom stereocenters. The number of fused-ring (bicyclic) bond motifs is 1. The van der Waals surface area contributed by atoms with Crippen molar-refractivity contribution in [3.8, 4) is 0 Å². The predicted molar refractivity (Wildman–Crippen MR) is 51.1 cm³/mol. The van der Waals surface area contributed by atoms with E-state index in [1.165, 1.54) is 6.20 Å². The Morgan fingerprint density at radius 3 is 2.56 bits per heavy atom. The van der Waals surface area contributed by atoms with Crippen LogP contribution in [-0.2, 0) is 0 Å². The summed E-state index contributed by atoms with van der Waals surface area (Å²) in [6, 6.07) is 2.98. The van der Waals surface area contributed by atoms with Gasteiger partial charge in [0.2, 0.25) is 0 Å². The van der Waals surface area contributed by atoms with E-state index in [9.17, 15) is 17.7 Å². The second-order valence-electron chi connectivity index (χ2n) is 3.12. The first-order valence-corrected chi connectivity index (χ1v) is 4.16. The summed E-state index contributed by atoms with van der Waals surface area (Å²) < 4.78 is 37.1. The average Bonchev–Trinajstić information content (AvgIpc) is 2.16. The van der Waals surface area contributed by atoms with Crippen molar-refractivity contribution in [2.24, 2.45) is 0 Å². The SMILES string of the molecule is O=c1[nH]ncc2cc([B-](F)(F)F)ccc12.[K+]. The summed E-state index contributed by atoms with van der Waals surface area (Å²) in [4.78, 5) is 11.1. The molecule has 1 aromatic heterocycles. The van der Waals surface area contributed by atoms with E-state index in [1.54, 1.807) is 0 Å². The molecule has 1 aromatic carbocycles. The van der Waals surface area contributed by atoms with Crippen molar-refractivity contribution in [3.63, 3.8) is 0 Å². The number of H-pyrrole nitrogens is 1. The van der Waals surface area contributed by atoms with Crippen LogP contribution in [-0.4, -0.2) is 17.2 Å². The molecule has 2 rings (SSSR count). The van der Waals surface area contributed by atoms with Crippen LogP contribution < -0.4 is 62.4 Å². The van der Waals surface area contributed by atoms with Crippen LogP contribution in [0.1, 0.15) is 0 Å². The van der Waals surface area contributed by atoms with E-state index in [1.807, 2.05) is 0 Å². The number of rotatable bonds is 1. The van der Waals surface area contributed by atoms with Gasteiger partial charge in [0.25, 0.3) is 5.56 Å². The van der Waals surface area contributed by atoms with Crippen LogP contribution >= 0.6 is 0 Å². The quantitative estimate of drug-likeness (QED) is 0.596. The number of nitrogens with zero attached hydrogens (tertiary/aromatic N) is 1. The number of aromatic amines is 1. The smallest absolute Gasteiger partial charge is 0.445 e. The largest absolute Gasteiger partial charge is 1.00 e. The van der Waals surface area contributed by atoms with Crippen LogP contribution in [0.15, 0.2) is 29.2 Å². The molecule has 0 aliphatic rings. The summed E-state index contributed by atoms with van der Waals surface area (Å²) >= 11 is 0. The van der Waals surface area contributed by atoms with Crippen molar-refractivity contribution in [2.75, 3.05) is 0 Å². The van der Waals surface area contributed by atoms with Crippen LogP contribution in [0.5, 0.6) is 0 Å². The molecule has 78 valence electrons. The van der Waals surface area contributed by atoms with E-state index in [0.29, 0.717) is 0 Å². The van der Waals surface area contributed by atoms with Gasteiger partial charge < -0.3 is 12.9 Å². The van der Waals surface area contributed by atoms with Gasteiger partial charge in [0.1, 0.15) is 0 Å². The molecule has 1 N–H and O–H groups in total. The Kier molecular flexibility index (Phi) is 4.36. The van der Waals surface area contributed by atoms with E-state index < -0.39 is 18.0 Å². The second kappa shape index (κ2) is 5.01. The molecule has 3 nitrogen and oxygen atoms in total. The fraction of sp³-hybridized carbons (Fsp3) is 0. The first kappa shape index (κ1) is 13.9. The molecule has 2 aromatic rings. The van der Waals surface area contributed by atoms with Crippen LogP contribution in [0, 0.1) is 0 Å². The molecule has 0 amide bonds. The van der Waals surface area contributed by atoms with Crippen LogP contribution in [0.4, 0.5) is 12.9 Å². The average molecular weight is 252 g/mol. The van der Waals surface area contributed by atoms with Crippen molar-refractivity contribution >= 4 is 23.2 Å². The summed E-state index contributed by atoms with van der Waals surface area (Å²) in [5, 5.41) is 5.98. The maximum absolute atomic E-state index is 12.4. The van der Waals surface area contributed by atoms with Crippen molar-refractivity contribution in [3.05, 3.63) is 34.7 Å². The molecule has 8 heteroatoms. The number of benzene rings is 1. The first-order valence-electron chi connectivity index (χ1n) is 4.16. The van der Waals surface area contributed by atoms with Gasteiger partial charge >= 0.3 is 58.4 Å². The third-order valence-corrected chi connectivity index (χ3v) is 2.07. The minimum absolute atomic E-state index is 0. The molecular weight excluding hydrogens is 247 g/mol. The van der Waals surface area contributed by atoms with Crippen LogP contribution in [0.2, 0.25) is 0 Å². The van der Waals surface area contributed by atoms with E-state index in [4.69, 9.17) is 0 Å². The number of hydrogen-bond acceptors (Lipinski definition) is 2. The molecule has 16 heavy (non-hydrogen) atoms. The van der Waals surface area contributed by atoms with E-state index >= 15 is 0 Å². The molecule has 0 unspecified atom stereocenters. The normalized spacial score (nSPS) is 11.2. The number of aromatic nitrogens is 2. The first-order chi connectivity index (χ1) is 6.98. The fourth-order valence-electron chi connectivity index (χ4n) is 1.32. The molecule has 0 aliphatic carbocycles. The molecule has 0 fully saturated rings. The molecule has 1 heterocycles. The van der Waals surface area contributed by atoms with Gasteiger partial charge in [-0.1, -0.05) is 18.2 Å². The summed E-state index contributed by atoms with van der Waals surface area (Å²) in [7, 11) is 0. The topological polar surface area (TPSA) is 45.8 Å². The maximum atomic E-state index is 12.4. The third-order valence-electron chi connectivity index (χ3n) is 2.07.